The van der Waals surface area contributed by atoms with Crippen LogP contribution in [0.1, 0.15) is 19.4 Å². The maximum absolute atomic E-state index is 12.6. The number of ether oxygens (including phenoxy) is 1. The van der Waals surface area contributed by atoms with Crippen molar-refractivity contribution in [3.05, 3.63) is 65.1 Å². The quantitative estimate of drug-likeness (QED) is 0.743. The Kier molecular flexibility index (Phi) is 6.16. The Hall–Kier alpha value is -3.06. The molecule has 0 aromatic heterocycles. The van der Waals surface area contributed by atoms with E-state index < -0.39 is 17.1 Å². The minimum absolute atomic E-state index is 0.0219. The van der Waals surface area contributed by atoms with Crippen molar-refractivity contribution >= 4 is 40.6 Å². The normalized spacial score (nSPS) is 15.4. The smallest absolute Gasteiger partial charge is 0.294 e. The summed E-state index contributed by atoms with van der Waals surface area (Å²) < 4.78 is 5.75. The van der Waals surface area contributed by atoms with Crippen LogP contribution in [-0.4, -0.2) is 34.6 Å². The Morgan fingerprint density at radius 1 is 1.11 bits per heavy atom. The van der Waals surface area contributed by atoms with E-state index in [2.05, 4.69) is 5.32 Å². The number of amides is 3. The van der Waals surface area contributed by atoms with Gasteiger partial charge in [-0.05, 0) is 49.9 Å². The Balaban J connectivity index is 1.73. The van der Waals surface area contributed by atoms with Gasteiger partial charge in [0.2, 0.25) is 5.91 Å². The first-order valence-electron chi connectivity index (χ1n) is 8.80. The molecule has 1 aliphatic heterocycles. The first-order valence-corrected chi connectivity index (χ1v) is 9.61. The van der Waals surface area contributed by atoms with Crippen molar-refractivity contribution < 1.29 is 19.1 Å². The minimum atomic E-state index is -0.488. The molecule has 0 bridgehead atoms. The highest BCUT2D eigenvalue weighted by molar-refractivity contribution is 8.18. The lowest BCUT2D eigenvalue weighted by Gasteiger charge is -2.13. The van der Waals surface area contributed by atoms with Crippen molar-refractivity contribution in [3.63, 3.8) is 0 Å². The van der Waals surface area contributed by atoms with E-state index >= 15 is 0 Å². The van der Waals surface area contributed by atoms with Crippen molar-refractivity contribution in [1.82, 2.24) is 4.90 Å². The third-order valence-corrected chi connectivity index (χ3v) is 4.71. The first kappa shape index (κ1) is 19.7. The van der Waals surface area contributed by atoms with Gasteiger partial charge in [-0.3, -0.25) is 19.3 Å². The monoisotopic (exact) mass is 396 g/mol. The van der Waals surface area contributed by atoms with Gasteiger partial charge in [-0.25, -0.2) is 0 Å². The summed E-state index contributed by atoms with van der Waals surface area (Å²) in [5.74, 6) is -0.290. The average molecular weight is 396 g/mol. The number of benzene rings is 2. The number of thioether (sulfide) groups is 1. The SMILES string of the molecule is CC(C)Oc1ccccc1/C=C1\SC(=O)N(CC(=O)Nc2ccccc2)C1=O. The summed E-state index contributed by atoms with van der Waals surface area (Å²) in [5, 5.41) is 2.20. The van der Waals surface area contributed by atoms with E-state index in [1.807, 2.05) is 44.2 Å². The molecular formula is C21H20N2O4S. The van der Waals surface area contributed by atoms with Crippen molar-refractivity contribution in [3.8, 4) is 5.75 Å². The molecule has 1 fully saturated rings. The predicted octanol–water partition coefficient (Wildman–Crippen LogP) is 4.15. The van der Waals surface area contributed by atoms with E-state index in [4.69, 9.17) is 4.74 Å². The van der Waals surface area contributed by atoms with Crippen molar-refractivity contribution in [2.45, 2.75) is 20.0 Å². The van der Waals surface area contributed by atoms with E-state index in [0.29, 0.717) is 17.0 Å². The van der Waals surface area contributed by atoms with Crippen LogP contribution in [0.4, 0.5) is 10.5 Å². The van der Waals surface area contributed by atoms with Crippen LogP contribution in [0.5, 0.6) is 5.75 Å². The van der Waals surface area contributed by atoms with Crippen LogP contribution < -0.4 is 10.1 Å². The zero-order valence-electron chi connectivity index (χ0n) is 15.5. The number of nitrogens with zero attached hydrogens (tertiary/aromatic N) is 1. The number of carbonyl (C=O) groups excluding carboxylic acids is 3. The lowest BCUT2D eigenvalue weighted by Crippen LogP contribution is -2.36. The summed E-state index contributed by atoms with van der Waals surface area (Å²) in [5.41, 5.74) is 1.31. The molecule has 1 saturated heterocycles. The van der Waals surface area contributed by atoms with E-state index in [1.54, 1.807) is 30.3 Å². The lowest BCUT2D eigenvalue weighted by molar-refractivity contribution is -0.127. The molecule has 2 aromatic carbocycles. The number of imide groups is 1. The summed E-state index contributed by atoms with van der Waals surface area (Å²) in [6.45, 7) is 3.49. The second kappa shape index (κ2) is 8.75. The Labute approximate surface area is 167 Å². The standard InChI is InChI=1S/C21H20N2O4S/c1-14(2)27-17-11-7-6-8-15(17)12-18-20(25)23(21(26)28-18)13-19(24)22-16-9-4-3-5-10-16/h3-12,14H,13H2,1-2H3,(H,22,24)/b18-12-. The van der Waals surface area contributed by atoms with Crippen LogP contribution in [0.3, 0.4) is 0 Å². The van der Waals surface area contributed by atoms with Gasteiger partial charge in [-0.2, -0.15) is 0 Å². The van der Waals surface area contributed by atoms with Crippen molar-refractivity contribution in [2.75, 3.05) is 11.9 Å². The molecule has 3 rings (SSSR count). The van der Waals surface area contributed by atoms with Crippen LogP contribution in [-0.2, 0) is 9.59 Å². The highest BCUT2D eigenvalue weighted by Crippen LogP contribution is 2.34. The maximum Gasteiger partial charge on any atom is 0.294 e. The Bertz CT molecular complexity index is 925. The van der Waals surface area contributed by atoms with Gasteiger partial charge in [-0.1, -0.05) is 36.4 Å². The van der Waals surface area contributed by atoms with Crippen molar-refractivity contribution in [1.29, 1.82) is 0 Å². The van der Waals surface area contributed by atoms with Crippen molar-refractivity contribution in [2.24, 2.45) is 0 Å². The van der Waals surface area contributed by atoms with Crippen LogP contribution >= 0.6 is 11.8 Å². The molecule has 7 heteroatoms. The lowest BCUT2D eigenvalue weighted by atomic mass is 10.2. The van der Waals surface area contributed by atoms with Gasteiger partial charge < -0.3 is 10.1 Å². The first-order chi connectivity index (χ1) is 13.4. The van der Waals surface area contributed by atoms with Crippen LogP contribution in [0.15, 0.2) is 59.5 Å². The second-order valence-electron chi connectivity index (χ2n) is 6.39. The number of anilines is 1. The van der Waals surface area contributed by atoms with Gasteiger partial charge in [0.1, 0.15) is 12.3 Å². The van der Waals surface area contributed by atoms with E-state index in [9.17, 15) is 14.4 Å². The molecule has 0 radical (unpaired) electrons. The fourth-order valence-electron chi connectivity index (χ4n) is 2.60. The third-order valence-electron chi connectivity index (χ3n) is 3.80. The highest BCUT2D eigenvalue weighted by atomic mass is 32.2. The topological polar surface area (TPSA) is 75.7 Å². The Morgan fingerprint density at radius 3 is 2.50 bits per heavy atom. The molecule has 0 saturated carbocycles. The summed E-state index contributed by atoms with van der Waals surface area (Å²) in [6.07, 6.45) is 1.60. The second-order valence-corrected chi connectivity index (χ2v) is 7.38. The number of hydrogen-bond acceptors (Lipinski definition) is 5. The molecule has 1 N–H and O–H groups in total. The third kappa shape index (κ3) is 4.80. The maximum atomic E-state index is 12.6. The van der Waals surface area contributed by atoms with Gasteiger partial charge in [0.15, 0.2) is 0 Å². The molecule has 0 unspecified atom stereocenters. The van der Waals surface area contributed by atoms with Gasteiger partial charge in [0.05, 0.1) is 11.0 Å². The summed E-state index contributed by atoms with van der Waals surface area (Å²) >= 11 is 0.815. The zero-order valence-corrected chi connectivity index (χ0v) is 16.4. The average Bonchev–Trinajstić information content (AvgIpc) is 2.91. The van der Waals surface area contributed by atoms with E-state index in [-0.39, 0.29) is 17.6 Å². The van der Waals surface area contributed by atoms with E-state index in [1.165, 1.54) is 0 Å². The largest absolute Gasteiger partial charge is 0.490 e. The predicted molar refractivity (Wildman–Crippen MR) is 110 cm³/mol. The minimum Gasteiger partial charge on any atom is -0.490 e. The van der Waals surface area contributed by atoms with Crippen LogP contribution in [0.2, 0.25) is 0 Å². The van der Waals surface area contributed by atoms with Crippen LogP contribution in [0.25, 0.3) is 6.08 Å². The highest BCUT2D eigenvalue weighted by Gasteiger charge is 2.36. The van der Waals surface area contributed by atoms with Gasteiger partial charge in [0, 0.05) is 11.3 Å². The number of hydrogen-bond donors (Lipinski definition) is 1. The molecule has 0 spiro atoms. The summed E-state index contributed by atoms with van der Waals surface area (Å²) in [4.78, 5) is 38.3. The summed E-state index contributed by atoms with van der Waals surface area (Å²) in [6, 6.07) is 16.2. The van der Waals surface area contributed by atoms with Crippen LogP contribution in [0, 0.1) is 0 Å². The fourth-order valence-corrected chi connectivity index (χ4v) is 3.43. The van der Waals surface area contributed by atoms with E-state index in [0.717, 1.165) is 16.7 Å². The van der Waals surface area contributed by atoms with Gasteiger partial charge >= 0.3 is 0 Å². The molecule has 3 amide bonds. The molecule has 1 heterocycles. The number of rotatable bonds is 6. The molecule has 0 aliphatic carbocycles. The molecule has 0 atom stereocenters. The molecule has 2 aromatic rings. The zero-order chi connectivity index (χ0) is 20.1. The molecule has 144 valence electrons. The van der Waals surface area contributed by atoms with Gasteiger partial charge in [0.25, 0.3) is 11.1 Å². The fraction of sp³-hybridized carbons (Fsp3) is 0.190. The molecular weight excluding hydrogens is 376 g/mol. The number of nitrogens with one attached hydrogen (secondary N) is 1. The molecule has 6 nitrogen and oxygen atoms in total. The number of para-hydroxylation sites is 2. The molecule has 28 heavy (non-hydrogen) atoms. The van der Waals surface area contributed by atoms with Gasteiger partial charge in [-0.15, -0.1) is 0 Å². The summed E-state index contributed by atoms with van der Waals surface area (Å²) in [7, 11) is 0. The number of carbonyl (C=O) groups is 3. The Morgan fingerprint density at radius 2 is 1.79 bits per heavy atom. The molecule has 1 aliphatic rings.